The van der Waals surface area contributed by atoms with Gasteiger partial charge in [0.1, 0.15) is 11.6 Å². The lowest BCUT2D eigenvalue weighted by atomic mass is 10.0. The highest BCUT2D eigenvalue weighted by Gasteiger charge is 2.07. The molecule has 0 aliphatic rings. The SMILES string of the molecule is Cc1cc(N(C)C)ccc1/C=C(\C#N)C(=O)O. The minimum atomic E-state index is -1.21. The molecule has 0 atom stereocenters. The summed E-state index contributed by atoms with van der Waals surface area (Å²) in [5.74, 6) is -1.21. The van der Waals surface area contributed by atoms with E-state index in [-0.39, 0.29) is 5.57 Å². The van der Waals surface area contributed by atoms with Gasteiger partial charge in [-0.15, -0.1) is 0 Å². The van der Waals surface area contributed by atoms with Crippen LogP contribution in [0.25, 0.3) is 6.08 Å². The van der Waals surface area contributed by atoms with E-state index in [1.807, 2.05) is 44.1 Å². The van der Waals surface area contributed by atoms with Crippen molar-refractivity contribution in [2.24, 2.45) is 0 Å². The molecule has 0 bridgehead atoms. The second-order valence-corrected chi connectivity index (χ2v) is 3.91. The zero-order valence-corrected chi connectivity index (χ0v) is 10.1. The highest BCUT2D eigenvalue weighted by Crippen LogP contribution is 2.19. The quantitative estimate of drug-likeness (QED) is 0.637. The summed E-state index contributed by atoms with van der Waals surface area (Å²) in [7, 11) is 3.87. The van der Waals surface area contributed by atoms with Crippen LogP contribution in [0.1, 0.15) is 11.1 Å². The maximum absolute atomic E-state index is 10.7. The van der Waals surface area contributed by atoms with Gasteiger partial charge in [0.25, 0.3) is 0 Å². The molecular formula is C13H14N2O2. The van der Waals surface area contributed by atoms with Crippen molar-refractivity contribution >= 4 is 17.7 Å². The van der Waals surface area contributed by atoms with Crippen molar-refractivity contribution in [1.29, 1.82) is 5.26 Å². The van der Waals surface area contributed by atoms with Gasteiger partial charge in [-0.05, 0) is 36.3 Å². The summed E-state index contributed by atoms with van der Waals surface area (Å²) in [4.78, 5) is 12.7. The number of aryl methyl sites for hydroxylation is 1. The van der Waals surface area contributed by atoms with Crippen molar-refractivity contribution in [2.45, 2.75) is 6.92 Å². The van der Waals surface area contributed by atoms with Crippen LogP contribution in [0.15, 0.2) is 23.8 Å². The number of hydrogen-bond donors (Lipinski definition) is 1. The largest absolute Gasteiger partial charge is 0.477 e. The van der Waals surface area contributed by atoms with Crippen LogP contribution in [-0.2, 0) is 4.79 Å². The molecule has 0 saturated carbocycles. The lowest BCUT2D eigenvalue weighted by Gasteiger charge is -2.13. The molecule has 17 heavy (non-hydrogen) atoms. The summed E-state index contributed by atoms with van der Waals surface area (Å²) >= 11 is 0. The molecule has 0 aromatic heterocycles. The molecule has 4 heteroatoms. The third-order valence-corrected chi connectivity index (χ3v) is 2.42. The fourth-order valence-corrected chi connectivity index (χ4v) is 1.40. The number of carbonyl (C=O) groups is 1. The van der Waals surface area contributed by atoms with Crippen LogP contribution in [0.2, 0.25) is 0 Å². The van der Waals surface area contributed by atoms with E-state index in [9.17, 15) is 4.79 Å². The number of carboxylic acids is 1. The zero-order valence-electron chi connectivity index (χ0n) is 10.1. The molecule has 1 N–H and O–H groups in total. The average Bonchev–Trinajstić information content (AvgIpc) is 2.26. The summed E-state index contributed by atoms with van der Waals surface area (Å²) in [6, 6.07) is 7.31. The molecule has 0 aliphatic carbocycles. The minimum absolute atomic E-state index is 0.259. The number of benzene rings is 1. The first-order chi connectivity index (χ1) is 7.95. The second kappa shape index (κ2) is 5.17. The van der Waals surface area contributed by atoms with Gasteiger partial charge in [-0.1, -0.05) is 6.07 Å². The Hall–Kier alpha value is -2.28. The smallest absolute Gasteiger partial charge is 0.346 e. The Morgan fingerprint density at radius 3 is 2.53 bits per heavy atom. The Morgan fingerprint density at radius 1 is 1.47 bits per heavy atom. The third-order valence-electron chi connectivity index (χ3n) is 2.42. The van der Waals surface area contributed by atoms with Crippen LogP contribution < -0.4 is 4.90 Å². The van der Waals surface area contributed by atoms with E-state index in [1.165, 1.54) is 6.08 Å². The fraction of sp³-hybridized carbons (Fsp3) is 0.231. The van der Waals surface area contributed by atoms with E-state index < -0.39 is 5.97 Å². The number of aliphatic carboxylic acids is 1. The molecule has 1 aromatic rings. The number of nitriles is 1. The molecule has 4 nitrogen and oxygen atoms in total. The van der Waals surface area contributed by atoms with Crippen LogP contribution >= 0.6 is 0 Å². The normalized spacial score (nSPS) is 10.8. The van der Waals surface area contributed by atoms with Crippen LogP contribution in [0.3, 0.4) is 0 Å². The van der Waals surface area contributed by atoms with Gasteiger partial charge in [0, 0.05) is 19.8 Å². The Morgan fingerprint density at radius 2 is 2.12 bits per heavy atom. The maximum atomic E-state index is 10.7. The number of carboxylic acid groups (broad SMARTS) is 1. The van der Waals surface area contributed by atoms with Crippen molar-refractivity contribution in [3.63, 3.8) is 0 Å². The molecule has 0 amide bonds. The van der Waals surface area contributed by atoms with E-state index in [4.69, 9.17) is 10.4 Å². The van der Waals surface area contributed by atoms with Crippen molar-refractivity contribution in [3.8, 4) is 6.07 Å². The molecule has 88 valence electrons. The highest BCUT2D eigenvalue weighted by molar-refractivity contribution is 5.96. The summed E-state index contributed by atoms with van der Waals surface area (Å²) in [5.41, 5.74) is 2.46. The number of nitrogens with zero attached hydrogens (tertiary/aromatic N) is 2. The van der Waals surface area contributed by atoms with Gasteiger partial charge in [-0.3, -0.25) is 0 Å². The van der Waals surface area contributed by atoms with Crippen LogP contribution in [0, 0.1) is 18.3 Å². The number of rotatable bonds is 3. The zero-order chi connectivity index (χ0) is 13.0. The summed E-state index contributed by atoms with van der Waals surface area (Å²) in [5, 5.41) is 17.5. The number of hydrogen-bond acceptors (Lipinski definition) is 3. The molecule has 1 aromatic carbocycles. The van der Waals surface area contributed by atoms with Crippen molar-refractivity contribution in [3.05, 3.63) is 34.9 Å². The summed E-state index contributed by atoms with van der Waals surface area (Å²) < 4.78 is 0. The van der Waals surface area contributed by atoms with Crippen LogP contribution in [0.5, 0.6) is 0 Å². The van der Waals surface area contributed by atoms with E-state index in [0.717, 1.165) is 16.8 Å². The molecule has 0 heterocycles. The Kier molecular flexibility index (Phi) is 3.89. The highest BCUT2D eigenvalue weighted by atomic mass is 16.4. The third kappa shape index (κ3) is 3.08. The lowest BCUT2D eigenvalue weighted by molar-refractivity contribution is -0.132. The molecule has 0 spiro atoms. The van der Waals surface area contributed by atoms with E-state index in [0.29, 0.717) is 0 Å². The monoisotopic (exact) mass is 230 g/mol. The van der Waals surface area contributed by atoms with Gasteiger partial charge in [0.15, 0.2) is 0 Å². The van der Waals surface area contributed by atoms with Gasteiger partial charge < -0.3 is 10.0 Å². The molecular weight excluding hydrogens is 216 g/mol. The topological polar surface area (TPSA) is 64.3 Å². The Labute approximate surface area is 100 Å². The number of anilines is 1. The molecule has 0 fully saturated rings. The van der Waals surface area contributed by atoms with E-state index in [2.05, 4.69) is 0 Å². The predicted octanol–water partition coefficient (Wildman–Crippen LogP) is 2.05. The van der Waals surface area contributed by atoms with Crippen molar-refractivity contribution in [2.75, 3.05) is 19.0 Å². The first kappa shape index (κ1) is 12.8. The Balaban J connectivity index is 3.18. The molecule has 0 radical (unpaired) electrons. The average molecular weight is 230 g/mol. The lowest BCUT2D eigenvalue weighted by Crippen LogP contribution is -2.08. The summed E-state index contributed by atoms with van der Waals surface area (Å²) in [6.45, 7) is 1.88. The first-order valence-electron chi connectivity index (χ1n) is 5.08. The van der Waals surface area contributed by atoms with E-state index >= 15 is 0 Å². The van der Waals surface area contributed by atoms with E-state index in [1.54, 1.807) is 6.07 Å². The fourth-order valence-electron chi connectivity index (χ4n) is 1.40. The standard InChI is InChI=1S/C13H14N2O2/c1-9-6-12(15(2)3)5-4-10(9)7-11(8-14)13(16)17/h4-7H,1-3H3,(H,16,17)/b11-7+. The van der Waals surface area contributed by atoms with Crippen molar-refractivity contribution < 1.29 is 9.90 Å². The maximum Gasteiger partial charge on any atom is 0.346 e. The van der Waals surface area contributed by atoms with Gasteiger partial charge >= 0.3 is 5.97 Å². The Bertz CT molecular complexity index is 511. The molecule has 0 saturated heterocycles. The molecule has 0 unspecified atom stereocenters. The second-order valence-electron chi connectivity index (χ2n) is 3.91. The molecule has 0 aliphatic heterocycles. The van der Waals surface area contributed by atoms with Crippen LogP contribution in [0.4, 0.5) is 5.69 Å². The minimum Gasteiger partial charge on any atom is -0.477 e. The van der Waals surface area contributed by atoms with Gasteiger partial charge in [-0.25, -0.2) is 4.79 Å². The first-order valence-corrected chi connectivity index (χ1v) is 5.08. The van der Waals surface area contributed by atoms with Crippen LogP contribution in [-0.4, -0.2) is 25.2 Å². The predicted molar refractivity (Wildman–Crippen MR) is 66.7 cm³/mol. The van der Waals surface area contributed by atoms with Gasteiger partial charge in [-0.2, -0.15) is 5.26 Å². The molecule has 1 rings (SSSR count). The van der Waals surface area contributed by atoms with Gasteiger partial charge in [0.05, 0.1) is 0 Å². The van der Waals surface area contributed by atoms with Gasteiger partial charge in [0.2, 0.25) is 0 Å². The van der Waals surface area contributed by atoms with Crippen molar-refractivity contribution in [1.82, 2.24) is 0 Å². The summed E-state index contributed by atoms with van der Waals surface area (Å²) in [6.07, 6.45) is 1.39.